The largest absolute Gasteiger partial charge is 0.475 e. The summed E-state index contributed by atoms with van der Waals surface area (Å²) in [4.78, 5) is 8.46. The van der Waals surface area contributed by atoms with Gasteiger partial charge in [0.25, 0.3) is 0 Å². The van der Waals surface area contributed by atoms with E-state index in [2.05, 4.69) is 32.8 Å². The van der Waals surface area contributed by atoms with Gasteiger partial charge in [0.05, 0.1) is 6.61 Å². The summed E-state index contributed by atoms with van der Waals surface area (Å²) in [6, 6.07) is 1.76. The summed E-state index contributed by atoms with van der Waals surface area (Å²) in [5.41, 5.74) is 0. The lowest BCUT2D eigenvalue weighted by atomic mass is 10.4. The van der Waals surface area contributed by atoms with Crippen molar-refractivity contribution in [2.45, 2.75) is 26.7 Å². The highest BCUT2D eigenvalue weighted by molar-refractivity contribution is 9.10. The molecule has 0 unspecified atom stereocenters. The van der Waals surface area contributed by atoms with Crippen LogP contribution in [0.3, 0.4) is 0 Å². The van der Waals surface area contributed by atoms with Crippen molar-refractivity contribution < 1.29 is 9.47 Å². The number of aromatic nitrogens is 2. The predicted octanol–water partition coefficient (Wildman–Crippen LogP) is 2.61. The molecule has 0 fully saturated rings. The Labute approximate surface area is 105 Å². The van der Waals surface area contributed by atoms with Gasteiger partial charge in [-0.15, -0.1) is 0 Å². The molecule has 0 saturated carbocycles. The number of hydrogen-bond acceptors (Lipinski definition) is 4. The molecule has 0 aliphatic rings. The molecule has 1 rings (SSSR count). The average molecular weight is 289 g/mol. The molecule has 0 amide bonds. The van der Waals surface area contributed by atoms with Crippen LogP contribution in [0.15, 0.2) is 10.7 Å². The Morgan fingerprint density at radius 2 is 2.00 bits per heavy atom. The molecule has 1 heterocycles. The molecule has 1 aromatic rings. The van der Waals surface area contributed by atoms with Gasteiger partial charge in [-0.2, -0.15) is 4.98 Å². The summed E-state index contributed by atoms with van der Waals surface area (Å²) in [6.07, 6.45) is 1.82. The van der Waals surface area contributed by atoms with Crippen LogP contribution < -0.4 is 4.74 Å². The number of hydrogen-bond donors (Lipinski definition) is 0. The topological polar surface area (TPSA) is 44.2 Å². The van der Waals surface area contributed by atoms with Crippen LogP contribution in [0.4, 0.5) is 0 Å². The van der Waals surface area contributed by atoms with E-state index in [1.807, 2.05) is 6.92 Å². The fourth-order valence-electron chi connectivity index (χ4n) is 1.13. The Balaban J connectivity index is 2.38. The Bertz CT molecular complexity index is 321. The molecule has 0 spiro atoms. The quantitative estimate of drug-likeness (QED) is 0.571. The smallest absolute Gasteiger partial charge is 0.217 e. The molecule has 0 atom stereocenters. The number of aryl methyl sites for hydroxylation is 1. The second-order valence-corrected chi connectivity index (χ2v) is 4.07. The summed E-state index contributed by atoms with van der Waals surface area (Å²) in [6.45, 7) is 5.98. The van der Waals surface area contributed by atoms with Crippen LogP contribution >= 0.6 is 15.9 Å². The van der Waals surface area contributed by atoms with Crippen LogP contribution in [0, 0.1) is 0 Å². The Kier molecular flexibility index (Phi) is 6.33. The van der Waals surface area contributed by atoms with E-state index >= 15 is 0 Å². The summed E-state index contributed by atoms with van der Waals surface area (Å²) in [7, 11) is 0. The first kappa shape index (κ1) is 13.4. The van der Waals surface area contributed by atoms with Gasteiger partial charge >= 0.3 is 0 Å². The lowest BCUT2D eigenvalue weighted by Crippen LogP contribution is -2.09. The van der Waals surface area contributed by atoms with Gasteiger partial charge in [-0.25, -0.2) is 4.98 Å². The molecular weight excluding hydrogens is 272 g/mol. The maximum absolute atomic E-state index is 5.47. The van der Waals surface area contributed by atoms with Crippen molar-refractivity contribution >= 4 is 15.9 Å². The number of ether oxygens (including phenoxy) is 2. The van der Waals surface area contributed by atoms with Crippen molar-refractivity contribution in [3.8, 4) is 5.88 Å². The van der Waals surface area contributed by atoms with Crippen LogP contribution in [0.25, 0.3) is 0 Å². The Morgan fingerprint density at radius 1 is 1.19 bits per heavy atom. The molecule has 0 radical (unpaired) electrons. The molecule has 16 heavy (non-hydrogen) atoms. The number of rotatable bonds is 7. The molecule has 0 saturated heterocycles. The monoisotopic (exact) mass is 288 g/mol. The van der Waals surface area contributed by atoms with E-state index in [-0.39, 0.29) is 0 Å². The van der Waals surface area contributed by atoms with Gasteiger partial charge in [-0.05, 0) is 22.4 Å². The van der Waals surface area contributed by atoms with Gasteiger partial charge in [-0.3, -0.25) is 0 Å². The van der Waals surface area contributed by atoms with Crippen molar-refractivity contribution in [3.63, 3.8) is 0 Å². The fraction of sp³-hybridized carbons (Fsp3) is 0.636. The van der Waals surface area contributed by atoms with E-state index in [0.717, 1.165) is 29.9 Å². The summed E-state index contributed by atoms with van der Waals surface area (Å²) in [5.74, 6) is 1.37. The maximum atomic E-state index is 5.47. The zero-order chi connectivity index (χ0) is 11.8. The molecule has 0 aliphatic carbocycles. The third-order valence-corrected chi connectivity index (χ3v) is 2.27. The summed E-state index contributed by atoms with van der Waals surface area (Å²) >= 11 is 3.33. The minimum Gasteiger partial charge on any atom is -0.475 e. The number of nitrogens with zero attached hydrogens (tertiary/aromatic N) is 2. The van der Waals surface area contributed by atoms with Gasteiger partial charge in [0.15, 0.2) is 0 Å². The maximum Gasteiger partial charge on any atom is 0.217 e. The molecule has 0 bridgehead atoms. The van der Waals surface area contributed by atoms with E-state index < -0.39 is 0 Å². The fourth-order valence-corrected chi connectivity index (χ4v) is 1.53. The van der Waals surface area contributed by atoms with Crippen LogP contribution in [-0.4, -0.2) is 29.8 Å². The molecule has 1 aromatic heterocycles. The second-order valence-electron chi connectivity index (χ2n) is 3.26. The lowest BCUT2D eigenvalue weighted by molar-refractivity contribution is 0.0988. The standard InChI is InChI=1S/C11H17BrN2O2/c1-3-5-15-6-7-16-11-8-9(12)13-10(4-2)14-11/h8H,3-7H2,1-2H3. The van der Waals surface area contributed by atoms with Crippen molar-refractivity contribution in [2.24, 2.45) is 0 Å². The normalized spacial score (nSPS) is 10.4. The lowest BCUT2D eigenvalue weighted by Gasteiger charge is -2.07. The van der Waals surface area contributed by atoms with Crippen molar-refractivity contribution in [1.82, 2.24) is 9.97 Å². The summed E-state index contributed by atoms with van der Waals surface area (Å²) < 4.78 is 11.5. The first-order chi connectivity index (χ1) is 7.76. The molecular formula is C11H17BrN2O2. The first-order valence-electron chi connectivity index (χ1n) is 5.50. The number of halogens is 1. The zero-order valence-corrected chi connectivity index (χ0v) is 11.3. The minimum atomic E-state index is 0.520. The Hall–Kier alpha value is -0.680. The van der Waals surface area contributed by atoms with E-state index in [1.165, 1.54) is 0 Å². The molecule has 0 N–H and O–H groups in total. The molecule has 0 aromatic carbocycles. The van der Waals surface area contributed by atoms with Gasteiger partial charge in [0.1, 0.15) is 17.0 Å². The van der Waals surface area contributed by atoms with Gasteiger partial charge in [0.2, 0.25) is 5.88 Å². The SMILES string of the molecule is CCCOCCOc1cc(Br)nc(CC)n1. The molecule has 90 valence electrons. The van der Waals surface area contributed by atoms with E-state index in [1.54, 1.807) is 6.07 Å². The van der Waals surface area contributed by atoms with Crippen LogP contribution in [-0.2, 0) is 11.2 Å². The van der Waals surface area contributed by atoms with Crippen molar-refractivity contribution in [3.05, 3.63) is 16.5 Å². The molecule has 0 aliphatic heterocycles. The van der Waals surface area contributed by atoms with Crippen molar-refractivity contribution in [1.29, 1.82) is 0 Å². The minimum absolute atomic E-state index is 0.520. The van der Waals surface area contributed by atoms with Gasteiger partial charge in [0, 0.05) is 19.1 Å². The first-order valence-corrected chi connectivity index (χ1v) is 6.29. The van der Waals surface area contributed by atoms with Crippen LogP contribution in [0.5, 0.6) is 5.88 Å². The van der Waals surface area contributed by atoms with Gasteiger partial charge < -0.3 is 9.47 Å². The molecule has 5 heteroatoms. The highest BCUT2D eigenvalue weighted by Gasteiger charge is 2.02. The molecule has 4 nitrogen and oxygen atoms in total. The van der Waals surface area contributed by atoms with E-state index in [9.17, 15) is 0 Å². The van der Waals surface area contributed by atoms with Gasteiger partial charge in [-0.1, -0.05) is 13.8 Å². The Morgan fingerprint density at radius 3 is 2.69 bits per heavy atom. The van der Waals surface area contributed by atoms with Crippen LogP contribution in [0.2, 0.25) is 0 Å². The van der Waals surface area contributed by atoms with Crippen molar-refractivity contribution in [2.75, 3.05) is 19.8 Å². The van der Waals surface area contributed by atoms with E-state index in [0.29, 0.717) is 19.1 Å². The average Bonchev–Trinajstić information content (AvgIpc) is 2.28. The zero-order valence-electron chi connectivity index (χ0n) is 9.70. The third kappa shape index (κ3) is 4.90. The van der Waals surface area contributed by atoms with Crippen LogP contribution in [0.1, 0.15) is 26.1 Å². The third-order valence-electron chi connectivity index (χ3n) is 1.86. The highest BCUT2D eigenvalue weighted by Crippen LogP contribution is 2.14. The van der Waals surface area contributed by atoms with E-state index in [4.69, 9.17) is 9.47 Å². The highest BCUT2D eigenvalue weighted by atomic mass is 79.9. The summed E-state index contributed by atoms with van der Waals surface area (Å²) in [5, 5.41) is 0. The predicted molar refractivity (Wildman–Crippen MR) is 65.7 cm³/mol. The second kappa shape index (κ2) is 7.57.